The van der Waals surface area contributed by atoms with E-state index < -0.39 is 27.8 Å². The molecule has 0 heterocycles. The van der Waals surface area contributed by atoms with Gasteiger partial charge in [-0.1, -0.05) is 11.6 Å². The molecule has 1 aromatic rings. The lowest BCUT2D eigenvalue weighted by atomic mass is 10.1. The molecule has 0 aliphatic rings. The molecular formula is C12H14ClNO6S. The highest BCUT2D eigenvalue weighted by Crippen LogP contribution is 2.23. The Morgan fingerprint density at radius 3 is 2.48 bits per heavy atom. The monoisotopic (exact) mass is 335 g/mol. The lowest BCUT2D eigenvalue weighted by Gasteiger charge is -2.14. The summed E-state index contributed by atoms with van der Waals surface area (Å²) in [6.45, 7) is 0. The summed E-state index contributed by atoms with van der Waals surface area (Å²) >= 11 is 5.65. The molecule has 0 aliphatic carbocycles. The highest BCUT2D eigenvalue weighted by molar-refractivity contribution is 7.90. The number of aromatic hydroxyl groups is 1. The molecule has 116 valence electrons. The van der Waals surface area contributed by atoms with Crippen LogP contribution in [0.15, 0.2) is 18.2 Å². The number of rotatable bonds is 6. The summed E-state index contributed by atoms with van der Waals surface area (Å²) in [5.41, 5.74) is 0.0587. The molecule has 1 aromatic carbocycles. The summed E-state index contributed by atoms with van der Waals surface area (Å²) < 4.78 is 22.1. The van der Waals surface area contributed by atoms with Gasteiger partial charge in [-0.05, 0) is 24.6 Å². The zero-order valence-electron chi connectivity index (χ0n) is 11.0. The Labute approximate surface area is 126 Å². The highest BCUT2D eigenvalue weighted by Gasteiger charge is 2.22. The fraction of sp³-hybridized carbons (Fsp3) is 0.333. The van der Waals surface area contributed by atoms with Crippen LogP contribution < -0.4 is 5.32 Å². The van der Waals surface area contributed by atoms with E-state index in [9.17, 15) is 23.1 Å². The van der Waals surface area contributed by atoms with Crippen molar-refractivity contribution in [1.29, 1.82) is 0 Å². The average molecular weight is 336 g/mol. The van der Waals surface area contributed by atoms with Gasteiger partial charge >= 0.3 is 5.97 Å². The van der Waals surface area contributed by atoms with Gasteiger partial charge in [0.05, 0.1) is 10.8 Å². The van der Waals surface area contributed by atoms with E-state index in [0.717, 1.165) is 6.26 Å². The van der Waals surface area contributed by atoms with E-state index in [0.29, 0.717) is 0 Å². The summed E-state index contributed by atoms with van der Waals surface area (Å²) in [5, 5.41) is 20.4. The Morgan fingerprint density at radius 2 is 2.00 bits per heavy atom. The average Bonchev–Trinajstić information content (AvgIpc) is 2.36. The second kappa shape index (κ2) is 6.77. The van der Waals surface area contributed by atoms with Crippen LogP contribution in [0.1, 0.15) is 16.8 Å². The van der Waals surface area contributed by atoms with Crippen LogP contribution in [0.4, 0.5) is 0 Å². The number of carboxylic acids is 1. The fourth-order valence-corrected chi connectivity index (χ4v) is 2.32. The van der Waals surface area contributed by atoms with Crippen molar-refractivity contribution in [3.05, 3.63) is 28.8 Å². The third-order valence-corrected chi connectivity index (χ3v) is 3.87. The predicted octanol–water partition coefficient (Wildman–Crippen LogP) is 0.663. The third kappa shape index (κ3) is 5.60. The maximum absolute atomic E-state index is 11.9. The number of phenols is 1. The van der Waals surface area contributed by atoms with Crippen LogP contribution in [0.25, 0.3) is 0 Å². The van der Waals surface area contributed by atoms with Crippen molar-refractivity contribution in [2.75, 3.05) is 12.0 Å². The predicted molar refractivity (Wildman–Crippen MR) is 76.3 cm³/mol. The Bertz CT molecular complexity index is 658. The van der Waals surface area contributed by atoms with Gasteiger partial charge in [0.15, 0.2) is 0 Å². The van der Waals surface area contributed by atoms with Gasteiger partial charge < -0.3 is 15.5 Å². The first-order valence-corrected chi connectivity index (χ1v) is 8.24. The number of carbonyl (C=O) groups is 2. The van der Waals surface area contributed by atoms with E-state index in [4.69, 9.17) is 16.7 Å². The van der Waals surface area contributed by atoms with Crippen molar-refractivity contribution in [2.45, 2.75) is 12.5 Å². The van der Waals surface area contributed by atoms with Crippen molar-refractivity contribution < 1.29 is 28.2 Å². The molecular weight excluding hydrogens is 322 g/mol. The molecule has 0 aromatic heterocycles. The second-order valence-corrected chi connectivity index (χ2v) is 7.12. The molecule has 0 fully saturated rings. The van der Waals surface area contributed by atoms with Crippen molar-refractivity contribution in [3.8, 4) is 5.75 Å². The zero-order valence-corrected chi connectivity index (χ0v) is 12.6. The molecule has 0 radical (unpaired) electrons. The maximum atomic E-state index is 11.9. The van der Waals surface area contributed by atoms with Crippen LogP contribution in [0, 0.1) is 0 Å². The summed E-state index contributed by atoms with van der Waals surface area (Å²) in [5.74, 6) is -2.63. The minimum Gasteiger partial charge on any atom is -0.506 e. The molecule has 21 heavy (non-hydrogen) atoms. The topological polar surface area (TPSA) is 121 Å². The summed E-state index contributed by atoms with van der Waals surface area (Å²) in [6.07, 6.45) is 0.735. The van der Waals surface area contributed by atoms with Gasteiger partial charge in [-0.2, -0.15) is 0 Å². The third-order valence-electron chi connectivity index (χ3n) is 2.59. The lowest BCUT2D eigenvalue weighted by molar-refractivity contribution is -0.139. The first-order valence-electron chi connectivity index (χ1n) is 5.80. The molecule has 0 saturated heterocycles. The normalized spacial score (nSPS) is 12.7. The van der Waals surface area contributed by atoms with E-state index in [-0.39, 0.29) is 28.5 Å². The van der Waals surface area contributed by atoms with E-state index in [1.165, 1.54) is 18.2 Å². The highest BCUT2D eigenvalue weighted by atomic mass is 35.5. The van der Waals surface area contributed by atoms with Gasteiger partial charge in [-0.15, -0.1) is 0 Å². The van der Waals surface area contributed by atoms with Crippen LogP contribution in [0.2, 0.25) is 5.02 Å². The molecule has 1 amide bonds. The summed E-state index contributed by atoms with van der Waals surface area (Å²) in [4.78, 5) is 22.9. The number of carboxylic acid groups (broad SMARTS) is 1. The molecule has 9 heteroatoms. The number of hydrogen-bond acceptors (Lipinski definition) is 5. The largest absolute Gasteiger partial charge is 0.506 e. The Hall–Kier alpha value is -1.80. The molecule has 0 aliphatic heterocycles. The number of aliphatic carboxylic acids is 1. The summed E-state index contributed by atoms with van der Waals surface area (Å²) in [6, 6.07) is 2.32. The van der Waals surface area contributed by atoms with Crippen molar-refractivity contribution in [3.63, 3.8) is 0 Å². The Balaban J connectivity index is 2.81. The zero-order chi connectivity index (χ0) is 16.2. The van der Waals surface area contributed by atoms with Crippen LogP contribution in [0.5, 0.6) is 5.75 Å². The summed E-state index contributed by atoms with van der Waals surface area (Å²) in [7, 11) is -3.33. The SMILES string of the molecule is CS(=O)(=O)CCC(NC(=O)c1ccc(O)c(Cl)c1)C(=O)O. The minimum atomic E-state index is -3.33. The van der Waals surface area contributed by atoms with Crippen LogP contribution in [0.3, 0.4) is 0 Å². The van der Waals surface area contributed by atoms with Gasteiger partial charge in [0.25, 0.3) is 5.91 Å². The fourth-order valence-electron chi connectivity index (χ4n) is 1.48. The number of phenolic OH excluding ortho intramolecular Hbond substituents is 1. The van der Waals surface area contributed by atoms with Crippen LogP contribution in [-0.4, -0.2) is 48.6 Å². The van der Waals surface area contributed by atoms with Gasteiger partial charge in [0, 0.05) is 11.8 Å². The molecule has 1 atom stereocenters. The van der Waals surface area contributed by atoms with E-state index in [2.05, 4.69) is 5.32 Å². The number of hydrogen-bond donors (Lipinski definition) is 3. The van der Waals surface area contributed by atoms with Crippen molar-refractivity contribution >= 4 is 33.3 Å². The minimum absolute atomic E-state index is 0.0503. The molecule has 1 rings (SSSR count). The van der Waals surface area contributed by atoms with E-state index in [1.54, 1.807) is 0 Å². The lowest BCUT2D eigenvalue weighted by Crippen LogP contribution is -2.41. The first-order chi connectivity index (χ1) is 9.60. The standard InChI is InChI=1S/C12H14ClNO6S/c1-21(19,20)5-4-9(12(17)18)14-11(16)7-2-3-10(15)8(13)6-7/h2-3,6,9,15H,4-5H2,1H3,(H,14,16)(H,17,18). The van der Waals surface area contributed by atoms with E-state index in [1.807, 2.05) is 0 Å². The molecule has 0 bridgehead atoms. The Kier molecular flexibility index (Phi) is 5.56. The molecule has 0 saturated carbocycles. The number of carbonyl (C=O) groups excluding carboxylic acids is 1. The van der Waals surface area contributed by atoms with Gasteiger partial charge in [0.2, 0.25) is 0 Å². The maximum Gasteiger partial charge on any atom is 0.326 e. The molecule has 7 nitrogen and oxygen atoms in total. The van der Waals surface area contributed by atoms with Gasteiger partial charge in [-0.3, -0.25) is 4.79 Å². The first kappa shape index (κ1) is 17.3. The van der Waals surface area contributed by atoms with Gasteiger partial charge in [0.1, 0.15) is 21.6 Å². The smallest absolute Gasteiger partial charge is 0.326 e. The molecule has 0 spiro atoms. The Morgan fingerprint density at radius 1 is 1.38 bits per heavy atom. The molecule has 3 N–H and O–H groups in total. The number of amides is 1. The van der Waals surface area contributed by atoms with Crippen LogP contribution in [-0.2, 0) is 14.6 Å². The second-order valence-electron chi connectivity index (χ2n) is 4.45. The quantitative estimate of drug-likeness (QED) is 0.702. The van der Waals surface area contributed by atoms with Crippen LogP contribution >= 0.6 is 11.6 Å². The number of sulfone groups is 1. The number of nitrogens with one attached hydrogen (secondary N) is 1. The molecule has 1 unspecified atom stereocenters. The van der Waals surface area contributed by atoms with Crippen molar-refractivity contribution in [2.24, 2.45) is 0 Å². The van der Waals surface area contributed by atoms with Crippen molar-refractivity contribution in [1.82, 2.24) is 5.32 Å². The van der Waals surface area contributed by atoms with Gasteiger partial charge in [-0.25, -0.2) is 13.2 Å². The van der Waals surface area contributed by atoms with E-state index >= 15 is 0 Å². The number of halogens is 1. The number of benzene rings is 1.